The molecule has 3 aliphatic rings. The number of nitrogens with zero attached hydrogens (tertiary/aromatic N) is 2. The molecule has 10 heteroatoms. The van der Waals surface area contributed by atoms with Crippen LogP contribution in [0.15, 0.2) is 64.4 Å². The summed E-state index contributed by atoms with van der Waals surface area (Å²) in [7, 11) is 0. The van der Waals surface area contributed by atoms with E-state index in [1.165, 1.54) is 16.7 Å². The van der Waals surface area contributed by atoms with Gasteiger partial charge in [-0.2, -0.15) is 0 Å². The van der Waals surface area contributed by atoms with E-state index in [2.05, 4.69) is 4.98 Å². The van der Waals surface area contributed by atoms with Crippen LogP contribution in [-0.4, -0.2) is 52.6 Å². The number of hydrogen-bond donors (Lipinski definition) is 1. The van der Waals surface area contributed by atoms with Crippen LogP contribution in [0.5, 0.6) is 5.75 Å². The number of carbonyl (C=O) groups excluding carboxylic acids is 3. The van der Waals surface area contributed by atoms with E-state index >= 15 is 0 Å². The Balaban J connectivity index is 1.32. The van der Waals surface area contributed by atoms with Crippen molar-refractivity contribution in [1.29, 1.82) is 0 Å². The quantitative estimate of drug-likeness (QED) is 0.501. The molecule has 0 bridgehead atoms. The topological polar surface area (TPSA) is 99.8 Å². The summed E-state index contributed by atoms with van der Waals surface area (Å²) in [4.78, 5) is 58.6. The van der Waals surface area contributed by atoms with E-state index < -0.39 is 17.1 Å². The zero-order valence-electron chi connectivity index (χ0n) is 19.9. The van der Waals surface area contributed by atoms with Crippen LogP contribution in [0.1, 0.15) is 35.6 Å². The van der Waals surface area contributed by atoms with Crippen molar-refractivity contribution in [2.24, 2.45) is 5.92 Å². The highest BCUT2D eigenvalue weighted by Crippen LogP contribution is 2.53. The van der Waals surface area contributed by atoms with Gasteiger partial charge in [0.1, 0.15) is 11.0 Å². The molecule has 1 aromatic heterocycles. The van der Waals surface area contributed by atoms with Crippen molar-refractivity contribution in [3.8, 4) is 5.75 Å². The molecule has 2 fully saturated rings. The fourth-order valence-corrected chi connectivity index (χ4v) is 7.90. The third-order valence-electron chi connectivity index (χ3n) is 7.13. The number of piperidine rings is 1. The summed E-state index contributed by atoms with van der Waals surface area (Å²) >= 11 is 2.32. The summed E-state index contributed by atoms with van der Waals surface area (Å²) in [5, 5.41) is -0.0235. The molecule has 3 aliphatic heterocycles. The molecule has 190 valence electrons. The van der Waals surface area contributed by atoms with Gasteiger partial charge in [0.25, 0.3) is 5.91 Å². The monoisotopic (exact) mass is 535 g/mol. The SMILES string of the molecule is O=C(COc1cccc([C@@H]2c3sc(=O)[nH]c3S[C@H]3C(=O)N(c4ccccc4)C(=O)[C@@H]23)c1)N1CCCCC1. The van der Waals surface area contributed by atoms with Gasteiger partial charge in [0.15, 0.2) is 6.61 Å². The number of imide groups is 1. The third kappa shape index (κ3) is 4.38. The van der Waals surface area contributed by atoms with E-state index in [1.54, 1.807) is 30.3 Å². The van der Waals surface area contributed by atoms with Crippen LogP contribution in [0.3, 0.4) is 0 Å². The number of rotatable bonds is 5. The fourth-order valence-electron chi connectivity index (χ4n) is 5.39. The van der Waals surface area contributed by atoms with Crippen molar-refractivity contribution in [3.05, 3.63) is 74.7 Å². The summed E-state index contributed by atoms with van der Waals surface area (Å²) in [6.45, 7) is 1.46. The minimum Gasteiger partial charge on any atom is -0.484 e. The molecule has 0 spiro atoms. The average molecular weight is 536 g/mol. The summed E-state index contributed by atoms with van der Waals surface area (Å²) in [5.74, 6) is -1.25. The molecule has 0 saturated carbocycles. The molecule has 3 amide bonds. The minimum atomic E-state index is -0.665. The number of H-pyrrole nitrogens is 1. The Morgan fingerprint density at radius 2 is 1.76 bits per heavy atom. The Morgan fingerprint density at radius 1 is 0.973 bits per heavy atom. The number of thiazole rings is 1. The van der Waals surface area contributed by atoms with Crippen molar-refractivity contribution in [2.45, 2.75) is 35.5 Å². The van der Waals surface area contributed by atoms with E-state index in [-0.39, 0.29) is 29.2 Å². The van der Waals surface area contributed by atoms with Gasteiger partial charge in [0.05, 0.1) is 16.6 Å². The molecule has 37 heavy (non-hydrogen) atoms. The molecular formula is C27H25N3O5S2. The Bertz CT molecular complexity index is 1410. The minimum absolute atomic E-state index is 0.0413. The van der Waals surface area contributed by atoms with E-state index in [0.29, 0.717) is 16.5 Å². The number of amides is 3. The summed E-state index contributed by atoms with van der Waals surface area (Å²) in [5.41, 5.74) is 1.31. The third-order valence-corrected chi connectivity index (χ3v) is 9.53. The Morgan fingerprint density at radius 3 is 2.54 bits per heavy atom. The van der Waals surface area contributed by atoms with E-state index in [0.717, 1.165) is 54.1 Å². The number of aromatic nitrogens is 1. The molecule has 0 aliphatic carbocycles. The molecule has 0 unspecified atom stereocenters. The first-order valence-corrected chi connectivity index (χ1v) is 14.0. The van der Waals surface area contributed by atoms with Gasteiger partial charge in [0.2, 0.25) is 11.8 Å². The van der Waals surface area contributed by atoms with Crippen LogP contribution in [0.2, 0.25) is 0 Å². The first kappa shape index (κ1) is 24.0. The first-order chi connectivity index (χ1) is 18.0. The predicted octanol–water partition coefficient (Wildman–Crippen LogP) is 3.62. The van der Waals surface area contributed by atoms with Gasteiger partial charge in [0, 0.05) is 23.9 Å². The largest absolute Gasteiger partial charge is 0.484 e. The number of aromatic amines is 1. The maximum Gasteiger partial charge on any atom is 0.305 e. The first-order valence-electron chi connectivity index (χ1n) is 12.3. The van der Waals surface area contributed by atoms with Gasteiger partial charge in [-0.25, -0.2) is 4.90 Å². The number of nitrogens with one attached hydrogen (secondary N) is 1. The molecule has 2 saturated heterocycles. The van der Waals surface area contributed by atoms with Crippen molar-refractivity contribution in [3.63, 3.8) is 0 Å². The highest BCUT2D eigenvalue weighted by Gasteiger charge is 2.56. The van der Waals surface area contributed by atoms with Crippen molar-refractivity contribution in [1.82, 2.24) is 9.88 Å². The van der Waals surface area contributed by atoms with Crippen LogP contribution >= 0.6 is 23.1 Å². The maximum atomic E-state index is 13.8. The highest BCUT2D eigenvalue weighted by molar-refractivity contribution is 8.00. The fraction of sp³-hybridized carbons (Fsp3) is 0.333. The smallest absolute Gasteiger partial charge is 0.305 e. The molecule has 8 nitrogen and oxygen atoms in total. The van der Waals surface area contributed by atoms with Gasteiger partial charge in [-0.15, -0.1) is 0 Å². The summed E-state index contributed by atoms with van der Waals surface area (Å²) in [6, 6.07) is 16.2. The molecular weight excluding hydrogens is 510 g/mol. The van der Waals surface area contributed by atoms with Gasteiger partial charge in [-0.3, -0.25) is 19.2 Å². The lowest BCUT2D eigenvalue weighted by Crippen LogP contribution is -2.38. The summed E-state index contributed by atoms with van der Waals surface area (Å²) in [6.07, 6.45) is 3.17. The van der Waals surface area contributed by atoms with Gasteiger partial charge in [-0.1, -0.05) is 53.4 Å². The molecule has 1 N–H and O–H groups in total. The second kappa shape index (κ2) is 9.83. The van der Waals surface area contributed by atoms with Gasteiger partial charge < -0.3 is 14.6 Å². The molecule has 3 atom stereocenters. The Kier molecular flexibility index (Phi) is 6.37. The van der Waals surface area contributed by atoms with Gasteiger partial charge in [-0.05, 0) is 49.1 Å². The maximum absolute atomic E-state index is 13.8. The molecule has 2 aromatic carbocycles. The number of thioether (sulfide) groups is 1. The van der Waals surface area contributed by atoms with Crippen LogP contribution in [0, 0.1) is 5.92 Å². The molecule has 6 rings (SSSR count). The standard InChI is InChI=1S/C27H25N3O5S2/c31-19(29-12-5-2-6-13-29)15-35-18-11-7-8-16(14-18)20-21-23(36-24-22(20)37-27(34)28-24)26(33)30(25(21)32)17-9-3-1-4-10-17/h1,3-4,7-11,14,20-21,23H,2,5-6,12-13,15H2,(H,28,34)/t20-,21-,23+/m0/s1. The van der Waals surface area contributed by atoms with E-state index in [4.69, 9.17) is 4.74 Å². The van der Waals surface area contributed by atoms with Crippen LogP contribution in [-0.2, 0) is 14.4 Å². The van der Waals surface area contributed by atoms with Gasteiger partial charge >= 0.3 is 4.87 Å². The number of carbonyl (C=O) groups is 3. The number of para-hydroxylation sites is 1. The second-order valence-corrected chi connectivity index (χ2v) is 11.6. The molecule has 4 heterocycles. The van der Waals surface area contributed by atoms with E-state index in [9.17, 15) is 19.2 Å². The average Bonchev–Trinajstić information content (AvgIpc) is 3.42. The second-order valence-electron chi connectivity index (χ2n) is 9.40. The number of anilines is 1. The predicted molar refractivity (Wildman–Crippen MR) is 141 cm³/mol. The zero-order chi connectivity index (χ0) is 25.5. The Labute approximate surface area is 221 Å². The number of hydrogen-bond acceptors (Lipinski definition) is 7. The number of fused-ring (bicyclic) bond motifs is 2. The Hall–Kier alpha value is -3.37. The lowest BCUT2D eigenvalue weighted by molar-refractivity contribution is -0.134. The highest BCUT2D eigenvalue weighted by atomic mass is 32.2. The zero-order valence-corrected chi connectivity index (χ0v) is 21.6. The number of benzene rings is 2. The van der Waals surface area contributed by atoms with E-state index in [1.807, 2.05) is 29.2 Å². The van der Waals surface area contributed by atoms with Crippen molar-refractivity contribution < 1.29 is 19.1 Å². The van der Waals surface area contributed by atoms with Crippen molar-refractivity contribution >= 4 is 46.5 Å². The number of ether oxygens (including phenoxy) is 1. The summed E-state index contributed by atoms with van der Waals surface area (Å²) < 4.78 is 5.87. The normalized spacial score (nSPS) is 23.1. The lowest BCUT2D eigenvalue weighted by Gasteiger charge is -2.30. The molecule has 3 aromatic rings. The molecule has 0 radical (unpaired) electrons. The van der Waals surface area contributed by atoms with Crippen LogP contribution < -0.4 is 14.5 Å². The van der Waals surface area contributed by atoms with Crippen molar-refractivity contribution in [2.75, 3.05) is 24.6 Å². The lowest BCUT2D eigenvalue weighted by atomic mass is 9.83. The number of likely N-dealkylation sites (tertiary alicyclic amines) is 1. The van der Waals surface area contributed by atoms with Crippen LogP contribution in [0.4, 0.5) is 5.69 Å². The van der Waals surface area contributed by atoms with Crippen LogP contribution in [0.25, 0.3) is 0 Å².